The fraction of sp³-hybridized carbons (Fsp3) is 0.350. The Morgan fingerprint density at radius 3 is 1.77 bits per heavy atom. The molecule has 1 unspecified atom stereocenters. The van der Waals surface area contributed by atoms with Gasteiger partial charge in [0.1, 0.15) is 6.61 Å². The van der Waals surface area contributed by atoms with Crippen molar-refractivity contribution < 1.29 is 33.6 Å². The van der Waals surface area contributed by atoms with Gasteiger partial charge in [-0.1, -0.05) is 29.2 Å². The van der Waals surface area contributed by atoms with Crippen molar-refractivity contribution in [2.75, 3.05) is 25.6 Å². The molecule has 0 saturated heterocycles. The van der Waals surface area contributed by atoms with Crippen LogP contribution in [0.3, 0.4) is 0 Å². The number of fused-ring (bicyclic) bond motifs is 1. The summed E-state index contributed by atoms with van der Waals surface area (Å²) in [7, 11) is 0. The highest BCUT2D eigenvalue weighted by molar-refractivity contribution is 6.15. The van der Waals surface area contributed by atoms with Crippen LogP contribution in [0.5, 0.6) is 0 Å². The average Bonchev–Trinajstić information content (AvgIpc) is 2.80. The molecule has 30 heavy (non-hydrogen) atoms. The number of ether oxygens (including phenoxy) is 2. The number of hydrogen-bond donors (Lipinski definition) is 2. The standard InChI is InChI=1S/C20H25N3O7/c1-4-28-19(25)16-13-9-7-12(11-15(24)23(22,27)30-6-3)8-10-14(13)17(18(16)21)20(26)29-5-2/h7-10H,4-6,11,21-22H2,1-3H3. The van der Waals surface area contributed by atoms with E-state index in [9.17, 15) is 19.6 Å². The number of esters is 2. The molecule has 0 radical (unpaired) electrons. The van der Waals surface area contributed by atoms with E-state index in [4.69, 9.17) is 25.9 Å². The minimum absolute atomic E-state index is 0.0328. The Labute approximate surface area is 173 Å². The first-order chi connectivity index (χ1) is 14.2. The fourth-order valence-electron chi connectivity index (χ4n) is 2.98. The molecule has 2 rings (SSSR count). The summed E-state index contributed by atoms with van der Waals surface area (Å²) in [4.78, 5) is 39.8. The number of nitrogen functional groups attached to an aromatic ring is 1. The largest absolute Gasteiger partial charge is 0.570 e. The Balaban J connectivity index is 2.57. The number of hydroxylamine groups is 2. The lowest BCUT2D eigenvalue weighted by Crippen LogP contribution is -2.54. The SMILES string of the molecule is CCOC(=O)c1c2ccc(CC(=O)[N+](N)([O-])OCC)ccc-2c(C(=O)OCC)c1N. The quantitative estimate of drug-likeness (QED) is 0.215. The first kappa shape index (κ1) is 23.2. The van der Waals surface area contributed by atoms with Gasteiger partial charge >= 0.3 is 17.8 Å². The number of carbonyl (C=O) groups excluding carboxylic acids is 3. The van der Waals surface area contributed by atoms with Crippen molar-refractivity contribution in [3.05, 3.63) is 46.2 Å². The van der Waals surface area contributed by atoms with Crippen LogP contribution in [-0.2, 0) is 25.5 Å². The van der Waals surface area contributed by atoms with Gasteiger partial charge in [-0.15, -0.1) is 5.84 Å². The lowest BCUT2D eigenvalue weighted by Gasteiger charge is -2.29. The van der Waals surface area contributed by atoms with Gasteiger partial charge < -0.3 is 20.4 Å². The minimum Gasteiger partial charge on any atom is -0.570 e. The predicted octanol–water partition coefficient (Wildman–Crippen LogP) is 1.94. The summed E-state index contributed by atoms with van der Waals surface area (Å²) in [6, 6.07) is 6.12. The van der Waals surface area contributed by atoms with Crippen LogP contribution in [0.2, 0.25) is 0 Å². The molecular formula is C20H25N3O7. The molecule has 10 heteroatoms. The topological polar surface area (TPSA) is 154 Å². The Kier molecular flexibility index (Phi) is 7.46. The normalized spacial score (nSPS) is 13.0. The molecule has 4 N–H and O–H groups in total. The lowest BCUT2D eigenvalue weighted by molar-refractivity contribution is -1.01. The Morgan fingerprint density at radius 2 is 1.37 bits per heavy atom. The molecule has 1 atom stereocenters. The minimum atomic E-state index is -1.96. The molecule has 0 aliphatic heterocycles. The van der Waals surface area contributed by atoms with E-state index in [1.165, 1.54) is 24.3 Å². The Hall–Kier alpha value is -3.05. The number of quaternary nitrogens is 1. The van der Waals surface area contributed by atoms with Crippen LogP contribution in [-0.4, -0.2) is 42.6 Å². The second-order valence-corrected chi connectivity index (χ2v) is 6.26. The van der Waals surface area contributed by atoms with Crippen molar-refractivity contribution in [3.8, 4) is 11.1 Å². The maximum absolute atomic E-state index is 12.5. The zero-order chi connectivity index (χ0) is 22.5. The Bertz CT molecular complexity index is 871. The first-order valence-corrected chi connectivity index (χ1v) is 9.42. The van der Waals surface area contributed by atoms with Gasteiger partial charge in [0.25, 0.3) is 0 Å². The molecule has 2 aliphatic carbocycles. The van der Waals surface area contributed by atoms with Crippen LogP contribution < -0.4 is 11.6 Å². The van der Waals surface area contributed by atoms with Gasteiger partial charge in [0.05, 0.1) is 36.4 Å². The molecule has 0 aromatic rings. The molecule has 0 bridgehead atoms. The van der Waals surface area contributed by atoms with Crippen LogP contribution in [0.1, 0.15) is 47.1 Å². The van der Waals surface area contributed by atoms with E-state index in [1.54, 1.807) is 20.8 Å². The van der Waals surface area contributed by atoms with E-state index in [0.29, 0.717) is 16.7 Å². The number of amides is 1. The average molecular weight is 419 g/mol. The summed E-state index contributed by atoms with van der Waals surface area (Å²) >= 11 is 0. The van der Waals surface area contributed by atoms with Crippen molar-refractivity contribution in [1.82, 2.24) is 0 Å². The van der Waals surface area contributed by atoms with E-state index < -0.39 is 22.8 Å². The number of nitrogens with zero attached hydrogens (tertiary/aromatic N) is 1. The molecule has 0 aromatic heterocycles. The predicted molar refractivity (Wildman–Crippen MR) is 108 cm³/mol. The van der Waals surface area contributed by atoms with Gasteiger partial charge in [-0.2, -0.15) is 4.84 Å². The number of anilines is 1. The summed E-state index contributed by atoms with van der Waals surface area (Å²) in [5.74, 6) is 3.02. The third kappa shape index (κ3) is 4.74. The van der Waals surface area contributed by atoms with Crippen molar-refractivity contribution in [1.29, 1.82) is 0 Å². The van der Waals surface area contributed by atoms with E-state index >= 15 is 0 Å². The van der Waals surface area contributed by atoms with Crippen molar-refractivity contribution in [2.24, 2.45) is 5.84 Å². The van der Waals surface area contributed by atoms with Gasteiger partial charge in [0.2, 0.25) is 0 Å². The van der Waals surface area contributed by atoms with Gasteiger partial charge in [-0.25, -0.2) is 14.4 Å². The second-order valence-electron chi connectivity index (χ2n) is 6.26. The fourth-order valence-corrected chi connectivity index (χ4v) is 2.98. The lowest BCUT2D eigenvalue weighted by atomic mass is 10.1. The van der Waals surface area contributed by atoms with E-state index in [0.717, 1.165) is 0 Å². The summed E-state index contributed by atoms with van der Waals surface area (Å²) in [5, 5.41) is 11.9. The van der Waals surface area contributed by atoms with Gasteiger partial charge in [-0.05, 0) is 37.5 Å². The molecule has 162 valence electrons. The highest BCUT2D eigenvalue weighted by Gasteiger charge is 2.31. The van der Waals surface area contributed by atoms with E-state index in [1.807, 2.05) is 0 Å². The number of nitrogens with two attached hydrogens (primary N) is 2. The summed E-state index contributed by atoms with van der Waals surface area (Å²) in [6.07, 6.45) is -0.323. The monoisotopic (exact) mass is 419 g/mol. The molecule has 0 aromatic carbocycles. The molecule has 0 heterocycles. The van der Waals surface area contributed by atoms with Crippen LogP contribution >= 0.6 is 0 Å². The van der Waals surface area contributed by atoms with Crippen LogP contribution in [0.25, 0.3) is 11.1 Å². The zero-order valence-electron chi connectivity index (χ0n) is 17.1. The molecule has 10 nitrogen and oxygen atoms in total. The summed E-state index contributed by atoms with van der Waals surface area (Å²) in [5.41, 5.74) is 7.25. The second kappa shape index (κ2) is 9.63. The molecule has 0 fully saturated rings. The molecule has 2 aliphatic rings. The maximum atomic E-state index is 12.5. The summed E-state index contributed by atoms with van der Waals surface area (Å²) in [6.45, 7) is 5.04. The van der Waals surface area contributed by atoms with E-state index in [-0.39, 0.29) is 43.1 Å². The van der Waals surface area contributed by atoms with Gasteiger partial charge in [0, 0.05) is 0 Å². The van der Waals surface area contributed by atoms with Crippen LogP contribution in [0, 0.1) is 5.21 Å². The smallest absolute Gasteiger partial charge is 0.370 e. The highest BCUT2D eigenvalue weighted by atomic mass is 17.0. The van der Waals surface area contributed by atoms with Crippen molar-refractivity contribution in [2.45, 2.75) is 27.2 Å². The summed E-state index contributed by atoms with van der Waals surface area (Å²) < 4.78 is 10.1. The van der Waals surface area contributed by atoms with Gasteiger partial charge in [-0.3, -0.25) is 0 Å². The zero-order valence-corrected chi connectivity index (χ0v) is 17.1. The molecule has 0 saturated carbocycles. The van der Waals surface area contributed by atoms with Gasteiger partial charge in [0.15, 0.2) is 0 Å². The Morgan fingerprint density at radius 1 is 0.900 bits per heavy atom. The maximum Gasteiger partial charge on any atom is 0.370 e. The number of carbonyl (C=O) groups is 3. The van der Waals surface area contributed by atoms with Crippen LogP contribution in [0.4, 0.5) is 5.69 Å². The van der Waals surface area contributed by atoms with E-state index in [2.05, 4.69) is 0 Å². The molecular weight excluding hydrogens is 394 g/mol. The molecule has 1 amide bonds. The number of hydrogen-bond acceptors (Lipinski definition) is 9. The van der Waals surface area contributed by atoms with Crippen LogP contribution in [0.15, 0.2) is 24.3 Å². The third-order valence-electron chi connectivity index (χ3n) is 4.28. The third-order valence-corrected chi connectivity index (χ3v) is 4.28. The number of rotatable bonds is 8. The van der Waals surface area contributed by atoms with Crippen molar-refractivity contribution >= 4 is 23.5 Å². The van der Waals surface area contributed by atoms with Crippen molar-refractivity contribution in [3.63, 3.8) is 0 Å². The molecule has 0 spiro atoms. The first-order valence-electron chi connectivity index (χ1n) is 9.42. The highest BCUT2D eigenvalue weighted by Crippen LogP contribution is 2.39.